The Labute approximate surface area is 109 Å². The summed E-state index contributed by atoms with van der Waals surface area (Å²) in [5.74, 6) is 0.203. The van der Waals surface area contributed by atoms with E-state index in [1.807, 2.05) is 30.3 Å². The Morgan fingerprint density at radius 3 is 2.68 bits per heavy atom. The standard InChI is InChI=1S/C14H12N4O/c15-14-17-12-7-2-1-6-11(12)13(19)18(14)9-10-5-3-4-8-16-10/h1-8H,9H2,(H2,15,17). The Bertz CT molecular complexity index is 780. The van der Waals surface area contributed by atoms with Crippen LogP contribution in [-0.2, 0) is 6.54 Å². The fourth-order valence-corrected chi connectivity index (χ4v) is 1.99. The molecule has 2 aromatic heterocycles. The predicted molar refractivity (Wildman–Crippen MR) is 73.8 cm³/mol. The highest BCUT2D eigenvalue weighted by molar-refractivity contribution is 5.78. The first-order chi connectivity index (χ1) is 9.25. The third-order valence-electron chi connectivity index (χ3n) is 2.94. The van der Waals surface area contributed by atoms with E-state index in [-0.39, 0.29) is 11.5 Å². The Morgan fingerprint density at radius 2 is 1.89 bits per heavy atom. The van der Waals surface area contributed by atoms with Gasteiger partial charge >= 0.3 is 0 Å². The molecule has 0 saturated heterocycles. The maximum atomic E-state index is 12.4. The van der Waals surface area contributed by atoms with Crippen molar-refractivity contribution in [2.45, 2.75) is 6.54 Å². The van der Waals surface area contributed by atoms with Crippen LogP contribution in [0.3, 0.4) is 0 Å². The number of anilines is 1. The molecule has 19 heavy (non-hydrogen) atoms. The monoisotopic (exact) mass is 252 g/mol. The van der Waals surface area contributed by atoms with Crippen molar-refractivity contribution in [3.63, 3.8) is 0 Å². The van der Waals surface area contributed by atoms with Gasteiger partial charge in [-0.15, -0.1) is 0 Å². The summed E-state index contributed by atoms with van der Waals surface area (Å²) in [6.07, 6.45) is 1.69. The van der Waals surface area contributed by atoms with Crippen molar-refractivity contribution in [3.05, 3.63) is 64.7 Å². The van der Waals surface area contributed by atoms with Crippen LogP contribution in [0.1, 0.15) is 5.69 Å². The van der Waals surface area contributed by atoms with Crippen LogP contribution in [0, 0.1) is 0 Å². The number of hydrogen-bond donors (Lipinski definition) is 1. The molecule has 0 radical (unpaired) electrons. The summed E-state index contributed by atoms with van der Waals surface area (Å²) >= 11 is 0. The summed E-state index contributed by atoms with van der Waals surface area (Å²) in [5.41, 5.74) is 7.10. The molecule has 3 aromatic rings. The van der Waals surface area contributed by atoms with Crippen molar-refractivity contribution >= 4 is 16.9 Å². The average molecular weight is 252 g/mol. The molecule has 0 atom stereocenters. The number of nitrogens with zero attached hydrogens (tertiary/aromatic N) is 3. The van der Waals surface area contributed by atoms with Gasteiger partial charge in [-0.05, 0) is 24.3 Å². The number of nitrogen functional groups attached to an aromatic ring is 1. The highest BCUT2D eigenvalue weighted by Crippen LogP contribution is 2.09. The zero-order valence-corrected chi connectivity index (χ0v) is 10.2. The molecular formula is C14H12N4O. The molecule has 0 bridgehead atoms. The fraction of sp³-hybridized carbons (Fsp3) is 0.0714. The third kappa shape index (κ3) is 2.06. The number of rotatable bonds is 2. The minimum Gasteiger partial charge on any atom is -0.369 e. The number of hydrogen-bond acceptors (Lipinski definition) is 4. The van der Waals surface area contributed by atoms with E-state index in [1.54, 1.807) is 18.3 Å². The summed E-state index contributed by atoms with van der Waals surface area (Å²) in [6, 6.07) is 12.7. The first kappa shape index (κ1) is 11.4. The topological polar surface area (TPSA) is 73.8 Å². The maximum absolute atomic E-state index is 12.4. The van der Waals surface area contributed by atoms with Gasteiger partial charge in [0.25, 0.3) is 5.56 Å². The molecule has 2 N–H and O–H groups in total. The first-order valence-corrected chi connectivity index (χ1v) is 5.90. The highest BCUT2D eigenvalue weighted by Gasteiger charge is 2.08. The Balaban J connectivity index is 2.16. The van der Waals surface area contributed by atoms with Crippen molar-refractivity contribution in [2.24, 2.45) is 0 Å². The zero-order valence-electron chi connectivity index (χ0n) is 10.2. The van der Waals surface area contributed by atoms with Gasteiger partial charge in [0.15, 0.2) is 0 Å². The zero-order chi connectivity index (χ0) is 13.2. The van der Waals surface area contributed by atoms with E-state index in [4.69, 9.17) is 5.73 Å². The summed E-state index contributed by atoms with van der Waals surface area (Å²) in [6.45, 7) is 0.323. The molecule has 5 heteroatoms. The second kappa shape index (κ2) is 4.53. The van der Waals surface area contributed by atoms with Crippen LogP contribution in [0.25, 0.3) is 10.9 Å². The summed E-state index contributed by atoms with van der Waals surface area (Å²) in [5, 5.41) is 0.563. The van der Waals surface area contributed by atoms with Crippen molar-refractivity contribution in [1.29, 1.82) is 0 Å². The minimum absolute atomic E-state index is 0.145. The molecule has 0 aliphatic heterocycles. The molecule has 0 spiro atoms. The molecule has 0 fully saturated rings. The van der Waals surface area contributed by atoms with E-state index in [1.165, 1.54) is 4.57 Å². The van der Waals surface area contributed by atoms with Crippen LogP contribution in [0.15, 0.2) is 53.5 Å². The molecule has 3 rings (SSSR count). The Kier molecular flexibility index (Phi) is 2.72. The molecule has 0 saturated carbocycles. The number of nitrogens with two attached hydrogens (primary N) is 1. The largest absolute Gasteiger partial charge is 0.369 e. The van der Waals surface area contributed by atoms with Crippen molar-refractivity contribution in [3.8, 4) is 0 Å². The van der Waals surface area contributed by atoms with Crippen LogP contribution in [-0.4, -0.2) is 14.5 Å². The Morgan fingerprint density at radius 1 is 1.11 bits per heavy atom. The van der Waals surface area contributed by atoms with Gasteiger partial charge in [-0.25, -0.2) is 4.98 Å². The SMILES string of the molecule is Nc1nc2ccccc2c(=O)n1Cc1ccccn1. The highest BCUT2D eigenvalue weighted by atomic mass is 16.1. The van der Waals surface area contributed by atoms with E-state index in [9.17, 15) is 4.79 Å². The van der Waals surface area contributed by atoms with E-state index < -0.39 is 0 Å². The van der Waals surface area contributed by atoms with Gasteiger partial charge in [-0.1, -0.05) is 18.2 Å². The van der Waals surface area contributed by atoms with Crippen LogP contribution in [0.2, 0.25) is 0 Å². The number of fused-ring (bicyclic) bond motifs is 1. The van der Waals surface area contributed by atoms with Crippen LogP contribution in [0.4, 0.5) is 5.95 Å². The van der Waals surface area contributed by atoms with Gasteiger partial charge in [0.2, 0.25) is 5.95 Å². The molecule has 1 aromatic carbocycles. The molecule has 94 valence electrons. The van der Waals surface area contributed by atoms with Gasteiger partial charge < -0.3 is 5.73 Å². The normalized spacial score (nSPS) is 10.7. The molecule has 0 unspecified atom stereocenters. The van der Waals surface area contributed by atoms with Gasteiger partial charge in [0.1, 0.15) is 0 Å². The van der Waals surface area contributed by atoms with Crippen molar-refractivity contribution in [1.82, 2.24) is 14.5 Å². The Hall–Kier alpha value is -2.69. The second-order valence-corrected chi connectivity index (χ2v) is 4.20. The number of para-hydroxylation sites is 1. The predicted octanol–water partition coefficient (Wildman–Crippen LogP) is 1.42. The quantitative estimate of drug-likeness (QED) is 0.748. The van der Waals surface area contributed by atoms with E-state index in [0.717, 1.165) is 5.69 Å². The molecule has 0 amide bonds. The third-order valence-corrected chi connectivity index (χ3v) is 2.94. The number of aromatic nitrogens is 3. The number of pyridine rings is 1. The van der Waals surface area contributed by atoms with Gasteiger partial charge in [-0.3, -0.25) is 14.3 Å². The molecular weight excluding hydrogens is 240 g/mol. The lowest BCUT2D eigenvalue weighted by atomic mass is 10.2. The van der Waals surface area contributed by atoms with Crippen LogP contribution >= 0.6 is 0 Å². The van der Waals surface area contributed by atoms with E-state index in [2.05, 4.69) is 9.97 Å². The lowest BCUT2D eigenvalue weighted by Gasteiger charge is -2.09. The minimum atomic E-state index is -0.145. The molecule has 2 heterocycles. The summed E-state index contributed by atoms with van der Waals surface area (Å²) in [7, 11) is 0. The summed E-state index contributed by atoms with van der Waals surface area (Å²) in [4.78, 5) is 20.8. The van der Waals surface area contributed by atoms with Gasteiger partial charge in [0, 0.05) is 6.20 Å². The lowest BCUT2D eigenvalue weighted by molar-refractivity contribution is 0.744. The molecule has 0 aliphatic rings. The smallest absolute Gasteiger partial charge is 0.263 e. The molecule has 0 aliphatic carbocycles. The average Bonchev–Trinajstić information content (AvgIpc) is 2.45. The van der Waals surface area contributed by atoms with E-state index in [0.29, 0.717) is 17.4 Å². The van der Waals surface area contributed by atoms with Crippen LogP contribution < -0.4 is 11.3 Å². The molecule has 5 nitrogen and oxygen atoms in total. The van der Waals surface area contributed by atoms with Crippen LogP contribution in [0.5, 0.6) is 0 Å². The van der Waals surface area contributed by atoms with Gasteiger partial charge in [-0.2, -0.15) is 0 Å². The lowest BCUT2D eigenvalue weighted by Crippen LogP contribution is -2.25. The number of benzene rings is 1. The second-order valence-electron chi connectivity index (χ2n) is 4.20. The van der Waals surface area contributed by atoms with Gasteiger partial charge in [0.05, 0.1) is 23.1 Å². The maximum Gasteiger partial charge on any atom is 0.263 e. The van der Waals surface area contributed by atoms with E-state index >= 15 is 0 Å². The summed E-state index contributed by atoms with van der Waals surface area (Å²) < 4.78 is 1.44. The van der Waals surface area contributed by atoms with Crippen molar-refractivity contribution in [2.75, 3.05) is 5.73 Å². The fourth-order valence-electron chi connectivity index (χ4n) is 1.99. The van der Waals surface area contributed by atoms with Crippen molar-refractivity contribution < 1.29 is 0 Å². The first-order valence-electron chi connectivity index (χ1n) is 5.90.